The number of nitrogens with one attached hydrogen (secondary N) is 1. The Hall–Kier alpha value is -2.70. The van der Waals surface area contributed by atoms with Crippen molar-refractivity contribution in [3.05, 3.63) is 41.9 Å². The predicted octanol–water partition coefficient (Wildman–Crippen LogP) is 2.11. The maximum atomic E-state index is 13.8. The van der Waals surface area contributed by atoms with Crippen LogP contribution in [0.15, 0.2) is 34.9 Å². The average Bonchev–Trinajstić information content (AvgIpc) is 3.06. The number of hydrogen-bond donors (Lipinski definition) is 1. The van der Waals surface area contributed by atoms with Gasteiger partial charge in [-0.3, -0.25) is 9.59 Å². The first-order valence-electron chi connectivity index (χ1n) is 6.83. The molecule has 2 heterocycles. The molecule has 1 aromatic carbocycles. The van der Waals surface area contributed by atoms with Crippen molar-refractivity contribution < 1.29 is 18.5 Å². The Bertz CT molecular complexity index is 728. The number of para-hydroxylation sites is 1. The smallest absolute Gasteiger partial charge is 0.231 e. The van der Waals surface area contributed by atoms with Crippen molar-refractivity contribution in [3.63, 3.8) is 0 Å². The molecule has 1 N–H and O–H groups in total. The molecule has 6 nitrogen and oxygen atoms in total. The van der Waals surface area contributed by atoms with E-state index in [1.807, 2.05) is 0 Å². The quantitative estimate of drug-likeness (QED) is 0.942. The van der Waals surface area contributed by atoms with Crippen molar-refractivity contribution in [2.45, 2.75) is 13.3 Å². The highest BCUT2D eigenvalue weighted by Crippen LogP contribution is 2.27. The number of aromatic nitrogens is 1. The van der Waals surface area contributed by atoms with E-state index >= 15 is 0 Å². The van der Waals surface area contributed by atoms with Gasteiger partial charge in [0, 0.05) is 19.0 Å². The summed E-state index contributed by atoms with van der Waals surface area (Å²) in [5.74, 6) is -0.764. The van der Waals surface area contributed by atoms with Crippen LogP contribution in [0.2, 0.25) is 0 Å². The largest absolute Gasteiger partial charge is 0.360 e. The number of hydrogen-bond acceptors (Lipinski definition) is 4. The topological polar surface area (TPSA) is 75.4 Å². The fraction of sp³-hybridized carbons (Fsp3) is 0.267. The second-order valence-electron chi connectivity index (χ2n) is 5.17. The maximum absolute atomic E-state index is 13.8. The van der Waals surface area contributed by atoms with Crippen LogP contribution in [0.1, 0.15) is 12.2 Å². The molecule has 2 amide bonds. The number of amides is 2. The second kappa shape index (κ2) is 5.59. The maximum Gasteiger partial charge on any atom is 0.231 e. The highest BCUT2D eigenvalue weighted by atomic mass is 19.1. The van der Waals surface area contributed by atoms with Gasteiger partial charge in [0.2, 0.25) is 11.8 Å². The molecular weight excluding hydrogens is 289 g/mol. The fourth-order valence-electron chi connectivity index (χ4n) is 2.44. The van der Waals surface area contributed by atoms with Crippen LogP contribution in [0.25, 0.3) is 0 Å². The van der Waals surface area contributed by atoms with Gasteiger partial charge in [0.25, 0.3) is 0 Å². The summed E-state index contributed by atoms with van der Waals surface area (Å²) in [5, 5.41) is 6.27. The lowest BCUT2D eigenvalue weighted by atomic mass is 10.1. The van der Waals surface area contributed by atoms with Gasteiger partial charge in [0.05, 0.1) is 11.6 Å². The number of carbonyl (C=O) groups excluding carboxylic acids is 2. The Morgan fingerprint density at radius 3 is 2.91 bits per heavy atom. The summed E-state index contributed by atoms with van der Waals surface area (Å²) < 4.78 is 18.6. The van der Waals surface area contributed by atoms with Crippen LogP contribution >= 0.6 is 0 Å². The van der Waals surface area contributed by atoms with Crippen molar-refractivity contribution in [3.8, 4) is 0 Å². The SMILES string of the molecule is Cc1cc(NC(=O)[C@H]2CC(=O)N(c3ccccc3F)C2)no1. The minimum Gasteiger partial charge on any atom is -0.360 e. The van der Waals surface area contributed by atoms with Gasteiger partial charge in [-0.05, 0) is 19.1 Å². The Morgan fingerprint density at radius 2 is 2.23 bits per heavy atom. The first kappa shape index (κ1) is 14.2. The lowest BCUT2D eigenvalue weighted by Gasteiger charge is -2.17. The number of rotatable bonds is 3. The molecule has 7 heteroatoms. The van der Waals surface area contributed by atoms with Gasteiger partial charge in [0.15, 0.2) is 5.82 Å². The average molecular weight is 303 g/mol. The molecule has 1 aliphatic heterocycles. The van der Waals surface area contributed by atoms with Gasteiger partial charge in [-0.25, -0.2) is 4.39 Å². The molecule has 0 saturated carbocycles. The Kier molecular flexibility index (Phi) is 3.62. The third-order valence-corrected chi connectivity index (χ3v) is 3.52. The van der Waals surface area contributed by atoms with Crippen LogP contribution in [0.5, 0.6) is 0 Å². The van der Waals surface area contributed by atoms with E-state index in [-0.39, 0.29) is 30.5 Å². The van der Waals surface area contributed by atoms with Crippen molar-refractivity contribution >= 4 is 23.3 Å². The zero-order valence-corrected chi connectivity index (χ0v) is 11.9. The first-order valence-corrected chi connectivity index (χ1v) is 6.83. The Morgan fingerprint density at radius 1 is 1.45 bits per heavy atom. The molecule has 114 valence electrons. The number of carbonyl (C=O) groups is 2. The third kappa shape index (κ3) is 2.69. The molecule has 22 heavy (non-hydrogen) atoms. The molecule has 0 unspecified atom stereocenters. The Labute approximate surface area is 125 Å². The lowest BCUT2D eigenvalue weighted by molar-refractivity contribution is -0.122. The number of halogens is 1. The molecule has 3 rings (SSSR count). The van der Waals surface area contributed by atoms with Crippen LogP contribution in [-0.4, -0.2) is 23.5 Å². The normalized spacial score (nSPS) is 17.8. The van der Waals surface area contributed by atoms with E-state index in [1.54, 1.807) is 25.1 Å². The molecular formula is C15H14FN3O3. The summed E-state index contributed by atoms with van der Waals surface area (Å²) in [6.45, 7) is 1.85. The molecule has 1 atom stereocenters. The summed E-state index contributed by atoms with van der Waals surface area (Å²) in [7, 11) is 0. The van der Waals surface area contributed by atoms with Crippen LogP contribution in [0.3, 0.4) is 0 Å². The summed E-state index contributed by atoms with van der Waals surface area (Å²) >= 11 is 0. The molecule has 1 fully saturated rings. The second-order valence-corrected chi connectivity index (χ2v) is 5.17. The number of benzene rings is 1. The molecule has 1 aliphatic rings. The third-order valence-electron chi connectivity index (χ3n) is 3.52. The van der Waals surface area contributed by atoms with Crippen molar-refractivity contribution in [1.29, 1.82) is 0 Å². The standard InChI is InChI=1S/C15H14FN3O3/c1-9-6-13(18-22-9)17-15(21)10-7-14(20)19(8-10)12-5-3-2-4-11(12)16/h2-6,10H,7-8H2,1H3,(H,17,18,21)/t10-/m0/s1. The van der Waals surface area contributed by atoms with E-state index in [1.165, 1.54) is 17.0 Å². The van der Waals surface area contributed by atoms with Gasteiger partial charge in [-0.15, -0.1) is 0 Å². The van der Waals surface area contributed by atoms with Gasteiger partial charge >= 0.3 is 0 Å². The summed E-state index contributed by atoms with van der Waals surface area (Å²) in [6.07, 6.45) is 0.0387. The monoisotopic (exact) mass is 303 g/mol. The van der Waals surface area contributed by atoms with Gasteiger partial charge < -0.3 is 14.7 Å². The predicted molar refractivity (Wildman–Crippen MR) is 76.7 cm³/mol. The van der Waals surface area contributed by atoms with Crippen LogP contribution in [0, 0.1) is 18.7 Å². The number of anilines is 2. The van der Waals surface area contributed by atoms with Gasteiger partial charge in [0.1, 0.15) is 11.6 Å². The van der Waals surface area contributed by atoms with Crippen molar-refractivity contribution in [2.75, 3.05) is 16.8 Å². The lowest BCUT2D eigenvalue weighted by Crippen LogP contribution is -2.28. The van der Waals surface area contributed by atoms with E-state index in [4.69, 9.17) is 4.52 Å². The zero-order valence-electron chi connectivity index (χ0n) is 11.9. The number of nitrogens with zero attached hydrogens (tertiary/aromatic N) is 2. The zero-order chi connectivity index (χ0) is 15.7. The van der Waals surface area contributed by atoms with E-state index in [9.17, 15) is 14.0 Å². The highest BCUT2D eigenvalue weighted by molar-refractivity contribution is 6.03. The van der Waals surface area contributed by atoms with Crippen LogP contribution in [-0.2, 0) is 9.59 Å². The van der Waals surface area contributed by atoms with E-state index in [0.29, 0.717) is 11.6 Å². The fourth-order valence-corrected chi connectivity index (χ4v) is 2.44. The molecule has 0 aliphatic carbocycles. The molecule has 0 bridgehead atoms. The minimum absolute atomic E-state index is 0.0387. The minimum atomic E-state index is -0.552. The van der Waals surface area contributed by atoms with E-state index in [2.05, 4.69) is 10.5 Å². The molecule has 1 saturated heterocycles. The van der Waals surface area contributed by atoms with Gasteiger partial charge in [-0.2, -0.15) is 0 Å². The number of aryl methyl sites for hydroxylation is 1. The molecule has 1 aromatic heterocycles. The highest BCUT2D eigenvalue weighted by Gasteiger charge is 2.36. The summed E-state index contributed by atoms with van der Waals surface area (Å²) in [5.41, 5.74) is 0.195. The van der Waals surface area contributed by atoms with Gasteiger partial charge in [-0.1, -0.05) is 17.3 Å². The summed E-state index contributed by atoms with van der Waals surface area (Å²) in [4.78, 5) is 25.5. The van der Waals surface area contributed by atoms with Crippen molar-refractivity contribution in [2.24, 2.45) is 5.92 Å². The van der Waals surface area contributed by atoms with Crippen LogP contribution < -0.4 is 10.2 Å². The van der Waals surface area contributed by atoms with E-state index in [0.717, 1.165) is 0 Å². The van der Waals surface area contributed by atoms with Crippen LogP contribution in [0.4, 0.5) is 15.9 Å². The van der Waals surface area contributed by atoms with Crippen molar-refractivity contribution in [1.82, 2.24) is 5.16 Å². The molecule has 2 aromatic rings. The molecule has 0 radical (unpaired) electrons. The first-order chi connectivity index (χ1) is 10.5. The Balaban J connectivity index is 1.71. The molecule has 0 spiro atoms. The van der Waals surface area contributed by atoms with E-state index < -0.39 is 11.7 Å². The summed E-state index contributed by atoms with van der Waals surface area (Å²) in [6, 6.07) is 7.60.